The van der Waals surface area contributed by atoms with Crippen LogP contribution in [0.25, 0.3) is 0 Å². The van der Waals surface area contributed by atoms with Crippen molar-refractivity contribution >= 4 is 47.8 Å². The SMILES string of the molecule is CC(C(=O)[O-])C(=O)[O-].CC(C(=O)[O-])C(=O)[O-].CC(C(=O)[O-])C(=O)[O-].CC(C(=O)[O-])C(=O)[O-].[Zr+4].[Zr+4]. The molecule has 0 aliphatic heterocycles. The van der Waals surface area contributed by atoms with Crippen molar-refractivity contribution < 1.29 is 132 Å². The molecule has 16 nitrogen and oxygen atoms in total. The van der Waals surface area contributed by atoms with Gasteiger partial charge in [-0.1, -0.05) is 27.7 Å². The van der Waals surface area contributed by atoms with Gasteiger partial charge < -0.3 is 79.2 Å². The van der Waals surface area contributed by atoms with Gasteiger partial charge in [0.1, 0.15) is 0 Å². The fourth-order valence-electron chi connectivity index (χ4n) is 0.385. The number of aliphatic carboxylic acids is 8. The van der Waals surface area contributed by atoms with E-state index in [2.05, 4.69) is 0 Å². The van der Waals surface area contributed by atoms with E-state index >= 15 is 0 Å². The first-order valence-electron chi connectivity index (χ1n) is 7.88. The standard InChI is InChI=1S/4C4H6O4.2Zr/c4*1-2(3(5)6)4(7)8;;/h4*2H,1H3,(H,5,6)(H,7,8);;/q;;;;2*+4/p-8. The van der Waals surface area contributed by atoms with Gasteiger partial charge in [-0.2, -0.15) is 0 Å². The van der Waals surface area contributed by atoms with Crippen LogP contribution in [0.5, 0.6) is 0 Å². The summed E-state index contributed by atoms with van der Waals surface area (Å²) in [6, 6.07) is 0. The van der Waals surface area contributed by atoms with E-state index in [-0.39, 0.29) is 52.4 Å². The molecule has 0 aliphatic rings. The second-order valence-electron chi connectivity index (χ2n) is 5.44. The predicted octanol–water partition coefficient (Wildman–Crippen LogP) is -11.5. The van der Waals surface area contributed by atoms with Crippen LogP contribution in [0, 0.1) is 23.7 Å². The van der Waals surface area contributed by atoms with Gasteiger partial charge in [0.2, 0.25) is 0 Å². The Labute approximate surface area is 229 Å². The van der Waals surface area contributed by atoms with Gasteiger partial charge in [0.05, 0.1) is 0 Å². The maximum absolute atomic E-state index is 9.61. The molecule has 184 valence electrons. The van der Waals surface area contributed by atoms with Crippen LogP contribution in [0.4, 0.5) is 0 Å². The number of carboxylic acids is 8. The molecule has 0 unspecified atom stereocenters. The van der Waals surface area contributed by atoms with Gasteiger partial charge in [-0.15, -0.1) is 0 Å². The molecule has 0 bridgehead atoms. The fraction of sp³-hybridized carbons (Fsp3) is 0.500. The van der Waals surface area contributed by atoms with E-state index in [0.717, 1.165) is 27.7 Å². The largest absolute Gasteiger partial charge is 4.00 e. The molecule has 0 aliphatic carbocycles. The van der Waals surface area contributed by atoms with Crippen LogP contribution in [0.2, 0.25) is 0 Å². The van der Waals surface area contributed by atoms with Crippen molar-refractivity contribution in [1.29, 1.82) is 0 Å². The topological polar surface area (TPSA) is 321 Å². The molecular formula is C16H16O16Zr2. The van der Waals surface area contributed by atoms with Crippen LogP contribution < -0.4 is 40.9 Å². The number of carbonyl (C=O) groups excluding carboxylic acids is 8. The van der Waals surface area contributed by atoms with Crippen molar-refractivity contribution in [1.82, 2.24) is 0 Å². The molecule has 0 amide bonds. The zero-order chi connectivity index (χ0) is 26.9. The van der Waals surface area contributed by atoms with Crippen LogP contribution in [-0.2, 0) is 90.8 Å². The smallest absolute Gasteiger partial charge is 0.549 e. The molecule has 0 aromatic rings. The van der Waals surface area contributed by atoms with Crippen LogP contribution >= 0.6 is 0 Å². The van der Waals surface area contributed by atoms with E-state index in [0.29, 0.717) is 0 Å². The summed E-state index contributed by atoms with van der Waals surface area (Å²) in [7, 11) is 0. The normalized spacial score (nSPS) is 8.71. The van der Waals surface area contributed by atoms with E-state index in [9.17, 15) is 79.2 Å². The Morgan fingerprint density at radius 1 is 0.324 bits per heavy atom. The van der Waals surface area contributed by atoms with E-state index < -0.39 is 71.4 Å². The van der Waals surface area contributed by atoms with E-state index in [1.54, 1.807) is 0 Å². The monoisotopic (exact) mass is 644 g/mol. The first-order valence-corrected chi connectivity index (χ1v) is 7.88. The molecule has 0 atom stereocenters. The molecule has 0 radical (unpaired) electrons. The Balaban J connectivity index is -0.0000000754. The van der Waals surface area contributed by atoms with Gasteiger partial charge in [0, 0.05) is 71.4 Å². The molecule has 0 fully saturated rings. The second-order valence-corrected chi connectivity index (χ2v) is 5.44. The van der Waals surface area contributed by atoms with E-state index in [1.165, 1.54) is 0 Å². The van der Waals surface area contributed by atoms with Crippen molar-refractivity contribution in [2.24, 2.45) is 23.7 Å². The van der Waals surface area contributed by atoms with Crippen molar-refractivity contribution in [3.8, 4) is 0 Å². The van der Waals surface area contributed by atoms with Crippen molar-refractivity contribution in [3.63, 3.8) is 0 Å². The molecule has 0 saturated carbocycles. The van der Waals surface area contributed by atoms with E-state index in [4.69, 9.17) is 0 Å². The third-order valence-electron chi connectivity index (χ3n) is 2.83. The third kappa shape index (κ3) is 27.6. The molecule has 0 aromatic heterocycles. The van der Waals surface area contributed by atoms with Crippen LogP contribution in [0.1, 0.15) is 27.7 Å². The summed E-state index contributed by atoms with van der Waals surface area (Å²) in [6.07, 6.45) is 0. The summed E-state index contributed by atoms with van der Waals surface area (Å²) in [5.74, 6) is -19.0. The summed E-state index contributed by atoms with van der Waals surface area (Å²) in [4.78, 5) is 76.9. The molecule has 0 N–H and O–H groups in total. The van der Waals surface area contributed by atoms with Gasteiger partial charge in [-0.25, -0.2) is 0 Å². The van der Waals surface area contributed by atoms with E-state index in [1.807, 2.05) is 0 Å². The Morgan fingerprint density at radius 2 is 0.382 bits per heavy atom. The summed E-state index contributed by atoms with van der Waals surface area (Å²) in [5.41, 5.74) is 0. The number of carboxylic acid groups (broad SMARTS) is 8. The molecule has 34 heavy (non-hydrogen) atoms. The minimum Gasteiger partial charge on any atom is -0.549 e. The van der Waals surface area contributed by atoms with Gasteiger partial charge in [0.15, 0.2) is 0 Å². The minimum atomic E-state index is -1.62. The quantitative estimate of drug-likeness (QED) is 0.221. The summed E-state index contributed by atoms with van der Waals surface area (Å²) in [6.45, 7) is 3.96. The van der Waals surface area contributed by atoms with Gasteiger partial charge >= 0.3 is 52.4 Å². The van der Waals surface area contributed by atoms with Crippen LogP contribution in [-0.4, -0.2) is 47.8 Å². The average Bonchev–Trinajstić information content (AvgIpc) is 2.65. The zero-order valence-corrected chi connectivity index (χ0v) is 22.8. The van der Waals surface area contributed by atoms with Crippen LogP contribution in [0.3, 0.4) is 0 Å². The molecule has 0 heterocycles. The van der Waals surface area contributed by atoms with Crippen molar-refractivity contribution in [3.05, 3.63) is 0 Å². The second kappa shape index (κ2) is 23.7. The molecular weight excluding hydrogens is 631 g/mol. The Morgan fingerprint density at radius 3 is 0.382 bits per heavy atom. The van der Waals surface area contributed by atoms with Gasteiger partial charge in [-0.05, 0) is 0 Å². The van der Waals surface area contributed by atoms with Gasteiger partial charge in [0.25, 0.3) is 0 Å². The maximum Gasteiger partial charge on any atom is 4.00 e. The average molecular weight is 647 g/mol. The maximum atomic E-state index is 9.61. The Bertz CT molecular complexity index is 544. The van der Waals surface area contributed by atoms with Gasteiger partial charge in [-0.3, -0.25) is 0 Å². The summed E-state index contributed by atoms with van der Waals surface area (Å²) >= 11 is 0. The summed E-state index contributed by atoms with van der Waals surface area (Å²) < 4.78 is 0. The zero-order valence-electron chi connectivity index (χ0n) is 17.8. The summed E-state index contributed by atoms with van der Waals surface area (Å²) in [5, 5.41) is 76.9. The molecule has 18 heteroatoms. The minimum absolute atomic E-state index is 0. The first-order chi connectivity index (χ1) is 14.2. The Kier molecular flexibility index (Phi) is 31.4. The third-order valence-corrected chi connectivity index (χ3v) is 2.83. The predicted molar refractivity (Wildman–Crippen MR) is 76.7 cm³/mol. The van der Waals surface area contributed by atoms with Crippen molar-refractivity contribution in [2.75, 3.05) is 0 Å². The van der Waals surface area contributed by atoms with Crippen molar-refractivity contribution in [2.45, 2.75) is 27.7 Å². The molecule has 0 rings (SSSR count). The van der Waals surface area contributed by atoms with Crippen LogP contribution in [0.15, 0.2) is 0 Å². The number of hydrogen-bond donors (Lipinski definition) is 0. The first kappa shape index (κ1) is 45.1. The molecule has 0 saturated heterocycles. The fourth-order valence-corrected chi connectivity index (χ4v) is 0.385. The Hall–Kier alpha value is -2.47. The number of rotatable bonds is 8. The molecule has 0 spiro atoms. The number of hydrogen-bond acceptors (Lipinski definition) is 16. The molecule has 0 aromatic carbocycles. The number of carbonyl (C=O) groups is 8.